The van der Waals surface area contributed by atoms with Crippen molar-refractivity contribution in [2.75, 3.05) is 6.54 Å². The van der Waals surface area contributed by atoms with Crippen molar-refractivity contribution in [2.24, 2.45) is 5.92 Å². The first-order chi connectivity index (χ1) is 7.61. The van der Waals surface area contributed by atoms with Crippen molar-refractivity contribution >= 4 is 0 Å². The second-order valence-electron chi connectivity index (χ2n) is 4.71. The number of halogens is 1. The highest BCUT2D eigenvalue weighted by atomic mass is 19.1. The third kappa shape index (κ3) is 4.75. The van der Waals surface area contributed by atoms with E-state index in [4.69, 9.17) is 0 Å². The van der Waals surface area contributed by atoms with Crippen molar-refractivity contribution in [1.29, 1.82) is 0 Å². The Morgan fingerprint density at radius 3 is 2.31 bits per heavy atom. The summed E-state index contributed by atoms with van der Waals surface area (Å²) < 4.78 is 12.8. The van der Waals surface area contributed by atoms with Gasteiger partial charge in [0.05, 0.1) is 0 Å². The van der Waals surface area contributed by atoms with Gasteiger partial charge in [-0.25, -0.2) is 4.39 Å². The van der Waals surface area contributed by atoms with E-state index < -0.39 is 0 Å². The zero-order valence-electron chi connectivity index (χ0n) is 10.5. The molecule has 0 fully saturated rings. The Labute approximate surface area is 98.1 Å². The molecule has 2 heteroatoms. The van der Waals surface area contributed by atoms with Gasteiger partial charge in [0.1, 0.15) is 5.82 Å². The fraction of sp³-hybridized carbons (Fsp3) is 0.571. The highest BCUT2D eigenvalue weighted by molar-refractivity contribution is 5.17. The van der Waals surface area contributed by atoms with Gasteiger partial charge in [-0.1, -0.05) is 32.9 Å². The van der Waals surface area contributed by atoms with Crippen molar-refractivity contribution in [3.63, 3.8) is 0 Å². The van der Waals surface area contributed by atoms with Crippen LogP contribution in [0.3, 0.4) is 0 Å². The monoisotopic (exact) mass is 223 g/mol. The van der Waals surface area contributed by atoms with Crippen LogP contribution in [-0.2, 0) is 6.42 Å². The second kappa shape index (κ2) is 6.64. The van der Waals surface area contributed by atoms with E-state index in [0.717, 1.165) is 19.4 Å². The molecule has 1 aromatic carbocycles. The molecule has 0 aliphatic rings. The Bertz CT molecular complexity index is 292. The molecule has 0 aliphatic heterocycles. The minimum Gasteiger partial charge on any atom is -0.314 e. The van der Waals surface area contributed by atoms with E-state index in [1.807, 2.05) is 12.1 Å². The predicted molar refractivity (Wildman–Crippen MR) is 67.0 cm³/mol. The molecule has 0 saturated carbocycles. The van der Waals surface area contributed by atoms with Gasteiger partial charge >= 0.3 is 0 Å². The molecule has 1 rings (SSSR count). The molecule has 0 aromatic heterocycles. The van der Waals surface area contributed by atoms with Crippen molar-refractivity contribution in [3.8, 4) is 0 Å². The third-order valence-corrected chi connectivity index (χ3v) is 2.64. The molecule has 1 unspecified atom stereocenters. The summed E-state index contributed by atoms with van der Waals surface area (Å²) in [6.07, 6.45) is 2.14. The average Bonchev–Trinajstić information content (AvgIpc) is 2.21. The highest BCUT2D eigenvalue weighted by Crippen LogP contribution is 2.11. The molecule has 1 nitrogen and oxygen atoms in total. The van der Waals surface area contributed by atoms with Crippen LogP contribution in [0.4, 0.5) is 4.39 Å². The fourth-order valence-corrected chi connectivity index (χ4v) is 2.00. The van der Waals surface area contributed by atoms with Crippen molar-refractivity contribution in [1.82, 2.24) is 5.32 Å². The SMILES string of the molecule is CCNC(Cc1ccc(F)cc1)CC(C)C. The summed E-state index contributed by atoms with van der Waals surface area (Å²) in [5, 5.41) is 3.48. The Morgan fingerprint density at radius 2 is 1.81 bits per heavy atom. The van der Waals surface area contributed by atoms with Gasteiger partial charge < -0.3 is 5.32 Å². The largest absolute Gasteiger partial charge is 0.314 e. The van der Waals surface area contributed by atoms with Gasteiger partial charge in [-0.2, -0.15) is 0 Å². The van der Waals surface area contributed by atoms with Gasteiger partial charge in [0.15, 0.2) is 0 Å². The first kappa shape index (κ1) is 13.2. The number of nitrogens with one attached hydrogen (secondary N) is 1. The molecule has 1 atom stereocenters. The normalized spacial score (nSPS) is 13.1. The Balaban J connectivity index is 2.56. The molecule has 0 bridgehead atoms. The zero-order chi connectivity index (χ0) is 12.0. The van der Waals surface area contributed by atoms with Crippen LogP contribution in [0.2, 0.25) is 0 Å². The molecule has 0 radical (unpaired) electrons. The van der Waals surface area contributed by atoms with E-state index >= 15 is 0 Å². The van der Waals surface area contributed by atoms with Gasteiger partial charge in [0.25, 0.3) is 0 Å². The van der Waals surface area contributed by atoms with E-state index in [-0.39, 0.29) is 5.82 Å². The molecule has 0 amide bonds. The maximum Gasteiger partial charge on any atom is 0.123 e. The number of likely N-dealkylation sites (N-methyl/N-ethyl adjacent to an activating group) is 1. The number of benzene rings is 1. The Kier molecular flexibility index (Phi) is 5.47. The van der Waals surface area contributed by atoms with E-state index in [2.05, 4.69) is 26.1 Å². The lowest BCUT2D eigenvalue weighted by Gasteiger charge is -2.20. The highest BCUT2D eigenvalue weighted by Gasteiger charge is 2.10. The van der Waals surface area contributed by atoms with E-state index in [1.165, 1.54) is 17.7 Å². The van der Waals surface area contributed by atoms with Gasteiger partial charge in [-0.3, -0.25) is 0 Å². The van der Waals surface area contributed by atoms with Crippen molar-refractivity contribution in [2.45, 2.75) is 39.7 Å². The van der Waals surface area contributed by atoms with Crippen LogP contribution in [0.5, 0.6) is 0 Å². The molecular weight excluding hydrogens is 201 g/mol. The summed E-state index contributed by atoms with van der Waals surface area (Å²) in [7, 11) is 0. The molecule has 1 aromatic rings. The standard InChI is InChI=1S/C14H22FN/c1-4-16-14(9-11(2)3)10-12-5-7-13(15)8-6-12/h5-8,11,14,16H,4,9-10H2,1-3H3. The van der Waals surface area contributed by atoms with Gasteiger partial charge in [0, 0.05) is 6.04 Å². The lowest BCUT2D eigenvalue weighted by atomic mass is 9.97. The first-order valence-corrected chi connectivity index (χ1v) is 6.09. The van der Waals surface area contributed by atoms with Gasteiger partial charge in [-0.15, -0.1) is 0 Å². The lowest BCUT2D eigenvalue weighted by molar-refractivity contribution is 0.423. The van der Waals surface area contributed by atoms with Crippen LogP contribution < -0.4 is 5.32 Å². The molecule has 0 spiro atoms. The van der Waals surface area contributed by atoms with Crippen LogP contribution >= 0.6 is 0 Å². The minimum absolute atomic E-state index is 0.160. The molecule has 0 heterocycles. The van der Waals surface area contributed by atoms with Crippen LogP contribution in [0, 0.1) is 11.7 Å². The average molecular weight is 223 g/mol. The van der Waals surface area contributed by atoms with E-state index in [9.17, 15) is 4.39 Å². The quantitative estimate of drug-likeness (QED) is 0.779. The lowest BCUT2D eigenvalue weighted by Crippen LogP contribution is -2.32. The van der Waals surface area contributed by atoms with Crippen molar-refractivity contribution in [3.05, 3.63) is 35.6 Å². The Hall–Kier alpha value is -0.890. The summed E-state index contributed by atoms with van der Waals surface area (Å²) in [5.74, 6) is 0.525. The van der Waals surface area contributed by atoms with Crippen molar-refractivity contribution < 1.29 is 4.39 Å². The maximum atomic E-state index is 12.8. The predicted octanol–water partition coefficient (Wildman–Crippen LogP) is 3.39. The molecule has 90 valence electrons. The van der Waals surface area contributed by atoms with Gasteiger partial charge in [-0.05, 0) is 43.0 Å². The second-order valence-corrected chi connectivity index (χ2v) is 4.71. The van der Waals surface area contributed by atoms with Crippen LogP contribution in [0.1, 0.15) is 32.8 Å². The molecular formula is C14H22FN. The molecule has 0 aliphatic carbocycles. The first-order valence-electron chi connectivity index (χ1n) is 6.09. The summed E-state index contributed by atoms with van der Waals surface area (Å²) in [5.41, 5.74) is 1.20. The smallest absolute Gasteiger partial charge is 0.123 e. The molecule has 1 N–H and O–H groups in total. The van der Waals surface area contributed by atoms with E-state index in [1.54, 1.807) is 0 Å². The number of rotatable bonds is 6. The van der Waals surface area contributed by atoms with E-state index in [0.29, 0.717) is 12.0 Å². The number of hydrogen-bond acceptors (Lipinski definition) is 1. The summed E-state index contributed by atoms with van der Waals surface area (Å²) in [6, 6.07) is 7.32. The summed E-state index contributed by atoms with van der Waals surface area (Å²) >= 11 is 0. The molecule has 0 saturated heterocycles. The summed E-state index contributed by atoms with van der Waals surface area (Å²) in [4.78, 5) is 0. The van der Waals surface area contributed by atoms with Crippen LogP contribution in [-0.4, -0.2) is 12.6 Å². The fourth-order valence-electron chi connectivity index (χ4n) is 2.00. The Morgan fingerprint density at radius 1 is 1.19 bits per heavy atom. The summed E-state index contributed by atoms with van der Waals surface area (Å²) in [6.45, 7) is 7.57. The van der Waals surface area contributed by atoms with Gasteiger partial charge in [0.2, 0.25) is 0 Å². The maximum absolute atomic E-state index is 12.8. The van der Waals surface area contributed by atoms with Crippen LogP contribution in [0.15, 0.2) is 24.3 Å². The number of hydrogen-bond donors (Lipinski definition) is 1. The topological polar surface area (TPSA) is 12.0 Å². The minimum atomic E-state index is -0.160. The molecule has 16 heavy (non-hydrogen) atoms. The van der Waals surface area contributed by atoms with Crippen LogP contribution in [0.25, 0.3) is 0 Å². The third-order valence-electron chi connectivity index (χ3n) is 2.64. The zero-order valence-corrected chi connectivity index (χ0v) is 10.5.